The van der Waals surface area contributed by atoms with Crippen LogP contribution in [0.3, 0.4) is 0 Å². The van der Waals surface area contributed by atoms with Gasteiger partial charge in [0.2, 0.25) is 5.91 Å². The van der Waals surface area contributed by atoms with Gasteiger partial charge in [0.05, 0.1) is 0 Å². The average Bonchev–Trinajstić information content (AvgIpc) is 2.67. The molecule has 0 atom stereocenters. The Morgan fingerprint density at radius 1 is 0.840 bits per heavy atom. The highest BCUT2D eigenvalue weighted by Gasteiger charge is 2.23. The maximum Gasteiger partial charge on any atom is 0.254 e. The lowest BCUT2D eigenvalue weighted by Crippen LogP contribution is -2.36. The molecule has 2 aliphatic heterocycles. The minimum absolute atomic E-state index is 0.0611. The van der Waals surface area contributed by atoms with Gasteiger partial charge in [-0.2, -0.15) is 0 Å². The molecule has 0 aliphatic carbocycles. The first-order valence-corrected chi connectivity index (χ1v) is 8.99. The van der Waals surface area contributed by atoms with Crippen LogP contribution >= 0.6 is 0 Å². The van der Waals surface area contributed by atoms with Crippen LogP contribution in [0.25, 0.3) is 0 Å². The van der Waals surface area contributed by atoms with Crippen molar-refractivity contribution < 1.29 is 9.59 Å². The van der Waals surface area contributed by atoms with Crippen LogP contribution < -0.4 is 4.90 Å². The van der Waals surface area contributed by atoms with Crippen LogP contribution in [0, 0.1) is 0 Å². The molecule has 2 aromatic rings. The maximum absolute atomic E-state index is 12.8. The van der Waals surface area contributed by atoms with Crippen LogP contribution in [-0.2, 0) is 17.8 Å². The third kappa shape index (κ3) is 3.16. The van der Waals surface area contributed by atoms with Gasteiger partial charge in [0.15, 0.2) is 0 Å². The van der Waals surface area contributed by atoms with Crippen molar-refractivity contribution >= 4 is 17.5 Å². The zero-order valence-electron chi connectivity index (χ0n) is 14.3. The van der Waals surface area contributed by atoms with Crippen molar-refractivity contribution in [1.29, 1.82) is 0 Å². The van der Waals surface area contributed by atoms with Gasteiger partial charge in [0, 0.05) is 37.3 Å². The minimum atomic E-state index is 0.0611. The summed E-state index contributed by atoms with van der Waals surface area (Å²) in [6, 6.07) is 15.8. The number of anilines is 1. The lowest BCUT2D eigenvalue weighted by molar-refractivity contribution is -0.119. The summed E-state index contributed by atoms with van der Waals surface area (Å²) in [6.07, 6.45) is 3.54. The molecule has 4 rings (SSSR count). The quantitative estimate of drug-likeness (QED) is 0.844. The second kappa shape index (κ2) is 6.71. The van der Waals surface area contributed by atoms with E-state index in [1.54, 1.807) is 0 Å². The Bertz CT molecular complexity index is 798. The number of piperidine rings is 1. The molecule has 2 aliphatic rings. The summed E-state index contributed by atoms with van der Waals surface area (Å²) in [7, 11) is 0. The highest BCUT2D eigenvalue weighted by Crippen LogP contribution is 2.23. The highest BCUT2D eigenvalue weighted by molar-refractivity contribution is 5.97. The van der Waals surface area contributed by atoms with Crippen molar-refractivity contribution in [3.8, 4) is 0 Å². The second-order valence-corrected chi connectivity index (χ2v) is 6.79. The first kappa shape index (κ1) is 15.9. The Morgan fingerprint density at radius 2 is 1.60 bits per heavy atom. The van der Waals surface area contributed by atoms with Gasteiger partial charge in [-0.25, -0.2) is 0 Å². The maximum atomic E-state index is 12.8. The molecule has 0 unspecified atom stereocenters. The molecule has 128 valence electrons. The molecule has 0 radical (unpaired) electrons. The minimum Gasteiger partial charge on any atom is -0.334 e. The van der Waals surface area contributed by atoms with Gasteiger partial charge in [-0.05, 0) is 54.7 Å². The normalized spacial score (nSPS) is 17.4. The topological polar surface area (TPSA) is 40.6 Å². The molecular formula is C21H22N2O2. The van der Waals surface area contributed by atoms with Crippen LogP contribution in [0.15, 0.2) is 48.5 Å². The molecule has 2 amide bonds. The summed E-state index contributed by atoms with van der Waals surface area (Å²) in [4.78, 5) is 28.6. The predicted octanol–water partition coefficient (Wildman–Crippen LogP) is 3.40. The van der Waals surface area contributed by atoms with E-state index in [2.05, 4.69) is 18.2 Å². The van der Waals surface area contributed by atoms with Crippen molar-refractivity contribution in [3.05, 3.63) is 65.2 Å². The zero-order valence-corrected chi connectivity index (χ0v) is 14.3. The molecule has 1 fully saturated rings. The van der Waals surface area contributed by atoms with Crippen molar-refractivity contribution in [1.82, 2.24) is 4.90 Å². The summed E-state index contributed by atoms with van der Waals surface area (Å²) in [5, 5.41) is 0. The van der Waals surface area contributed by atoms with Crippen LogP contribution in [0.4, 0.5) is 5.69 Å². The van der Waals surface area contributed by atoms with E-state index >= 15 is 0 Å². The lowest BCUT2D eigenvalue weighted by atomic mass is 9.99. The molecule has 25 heavy (non-hydrogen) atoms. The number of rotatable bonds is 2. The van der Waals surface area contributed by atoms with Gasteiger partial charge < -0.3 is 9.80 Å². The molecule has 2 aromatic carbocycles. The first-order valence-electron chi connectivity index (χ1n) is 8.99. The van der Waals surface area contributed by atoms with E-state index < -0.39 is 0 Å². The van der Waals surface area contributed by atoms with Crippen molar-refractivity contribution in [3.63, 3.8) is 0 Å². The molecule has 0 aromatic heterocycles. The summed E-state index contributed by atoms with van der Waals surface area (Å²) < 4.78 is 0. The van der Waals surface area contributed by atoms with Crippen LogP contribution in [0.1, 0.15) is 40.7 Å². The number of carbonyl (C=O) groups excluding carboxylic acids is 2. The van der Waals surface area contributed by atoms with E-state index in [0.717, 1.165) is 38.0 Å². The van der Waals surface area contributed by atoms with E-state index in [1.165, 1.54) is 11.1 Å². The second-order valence-electron chi connectivity index (χ2n) is 6.79. The molecule has 4 heteroatoms. The first-order chi connectivity index (χ1) is 12.2. The third-order valence-corrected chi connectivity index (χ3v) is 5.17. The summed E-state index contributed by atoms with van der Waals surface area (Å²) in [5.74, 6) is 0.240. The molecule has 1 saturated heterocycles. The fourth-order valence-electron chi connectivity index (χ4n) is 3.71. The highest BCUT2D eigenvalue weighted by atomic mass is 16.2. The van der Waals surface area contributed by atoms with E-state index in [4.69, 9.17) is 0 Å². The Morgan fingerprint density at radius 3 is 2.36 bits per heavy atom. The van der Waals surface area contributed by atoms with Crippen LogP contribution in [0.5, 0.6) is 0 Å². The van der Waals surface area contributed by atoms with Gasteiger partial charge in [-0.3, -0.25) is 9.59 Å². The van der Waals surface area contributed by atoms with E-state index in [9.17, 15) is 9.59 Å². The van der Waals surface area contributed by atoms with Gasteiger partial charge in [-0.1, -0.05) is 24.3 Å². The van der Waals surface area contributed by atoms with Crippen LogP contribution in [0.2, 0.25) is 0 Å². The van der Waals surface area contributed by atoms with Gasteiger partial charge >= 0.3 is 0 Å². The van der Waals surface area contributed by atoms with E-state index in [0.29, 0.717) is 18.5 Å². The Labute approximate surface area is 148 Å². The molecular weight excluding hydrogens is 312 g/mol. The van der Waals surface area contributed by atoms with Crippen molar-refractivity contribution in [2.45, 2.75) is 32.2 Å². The SMILES string of the molecule is O=C(c1ccc(N2CCCCC2=O)cc1)N1CCc2ccccc2C1. The largest absolute Gasteiger partial charge is 0.334 e. The smallest absolute Gasteiger partial charge is 0.254 e. The molecule has 0 N–H and O–H groups in total. The Hall–Kier alpha value is -2.62. The predicted molar refractivity (Wildman–Crippen MR) is 97.5 cm³/mol. The summed E-state index contributed by atoms with van der Waals surface area (Å²) >= 11 is 0. The third-order valence-electron chi connectivity index (χ3n) is 5.17. The Kier molecular flexibility index (Phi) is 4.26. The summed E-state index contributed by atoms with van der Waals surface area (Å²) in [6.45, 7) is 2.19. The molecule has 4 nitrogen and oxygen atoms in total. The fraction of sp³-hybridized carbons (Fsp3) is 0.333. The summed E-state index contributed by atoms with van der Waals surface area (Å²) in [5.41, 5.74) is 4.15. The van der Waals surface area contributed by atoms with Gasteiger partial charge in [0.1, 0.15) is 0 Å². The Balaban J connectivity index is 1.49. The molecule has 0 spiro atoms. The lowest BCUT2D eigenvalue weighted by Gasteiger charge is -2.29. The van der Waals surface area contributed by atoms with E-state index in [1.807, 2.05) is 40.1 Å². The number of hydrogen-bond acceptors (Lipinski definition) is 2. The number of amides is 2. The standard InChI is InChI=1S/C21H22N2O2/c24-20-7-3-4-13-23(20)19-10-8-17(9-11-19)21(25)22-14-12-16-5-1-2-6-18(16)15-22/h1-2,5-6,8-11H,3-4,7,12-15H2. The number of fused-ring (bicyclic) bond motifs is 1. The van der Waals surface area contributed by atoms with Gasteiger partial charge in [-0.15, -0.1) is 0 Å². The monoisotopic (exact) mass is 334 g/mol. The van der Waals surface area contributed by atoms with Crippen molar-refractivity contribution in [2.75, 3.05) is 18.0 Å². The van der Waals surface area contributed by atoms with Crippen molar-refractivity contribution in [2.24, 2.45) is 0 Å². The average molecular weight is 334 g/mol. The molecule has 2 heterocycles. The molecule has 0 saturated carbocycles. The number of benzene rings is 2. The number of nitrogens with zero attached hydrogens (tertiary/aromatic N) is 2. The van der Waals surface area contributed by atoms with Gasteiger partial charge in [0.25, 0.3) is 5.91 Å². The van der Waals surface area contributed by atoms with Crippen LogP contribution in [-0.4, -0.2) is 29.8 Å². The number of carbonyl (C=O) groups is 2. The zero-order chi connectivity index (χ0) is 17.2. The number of hydrogen-bond donors (Lipinski definition) is 0. The fourth-order valence-corrected chi connectivity index (χ4v) is 3.71. The van der Waals surface area contributed by atoms with E-state index in [-0.39, 0.29) is 11.8 Å². The molecule has 0 bridgehead atoms.